The molecule has 0 atom stereocenters. The fourth-order valence-corrected chi connectivity index (χ4v) is 2.16. The summed E-state index contributed by atoms with van der Waals surface area (Å²) in [4.78, 5) is 30.9. The molecule has 0 amide bonds. The van der Waals surface area contributed by atoms with Crippen LogP contribution in [0, 0.1) is 0 Å². The lowest BCUT2D eigenvalue weighted by atomic mass is 10.2. The molecule has 0 unspecified atom stereocenters. The molecule has 1 heterocycles. The molecule has 0 fully saturated rings. The smallest absolute Gasteiger partial charge is 0.358 e. The molecule has 1 aromatic carbocycles. The van der Waals surface area contributed by atoms with Gasteiger partial charge >= 0.3 is 11.9 Å². The number of carbonyl (C=O) groups excluding carboxylic acids is 1. The van der Waals surface area contributed by atoms with Crippen molar-refractivity contribution in [3.63, 3.8) is 0 Å². The Hall–Kier alpha value is -2.41. The average molecular weight is 290 g/mol. The van der Waals surface area contributed by atoms with E-state index in [0.29, 0.717) is 5.03 Å². The van der Waals surface area contributed by atoms with Gasteiger partial charge in [0.2, 0.25) is 0 Å². The van der Waals surface area contributed by atoms with Crippen LogP contribution < -0.4 is 0 Å². The molecule has 0 aliphatic rings. The van der Waals surface area contributed by atoms with Gasteiger partial charge in [0, 0.05) is 4.90 Å². The molecular formula is C13H10N2O4S. The maximum absolute atomic E-state index is 11.3. The summed E-state index contributed by atoms with van der Waals surface area (Å²) in [5.41, 5.74) is 0.336. The number of carboxylic acids is 1. The summed E-state index contributed by atoms with van der Waals surface area (Å²) in [6, 6.07) is 6.34. The second kappa shape index (κ2) is 6.16. The van der Waals surface area contributed by atoms with Crippen LogP contribution in [0.15, 0.2) is 46.6 Å². The summed E-state index contributed by atoms with van der Waals surface area (Å²) >= 11 is 1.28. The first-order chi connectivity index (χ1) is 9.60. The van der Waals surface area contributed by atoms with Crippen molar-refractivity contribution in [1.82, 2.24) is 9.97 Å². The maximum atomic E-state index is 11.3. The quantitative estimate of drug-likeness (QED) is 0.862. The first kappa shape index (κ1) is 14.0. The van der Waals surface area contributed by atoms with Gasteiger partial charge in [0.15, 0.2) is 5.69 Å². The normalized spacial score (nSPS) is 10.1. The van der Waals surface area contributed by atoms with Crippen molar-refractivity contribution in [2.24, 2.45) is 0 Å². The van der Waals surface area contributed by atoms with Crippen LogP contribution in [-0.2, 0) is 4.74 Å². The highest BCUT2D eigenvalue weighted by Gasteiger charge is 2.09. The average Bonchev–Trinajstić information content (AvgIpc) is 2.47. The zero-order valence-corrected chi connectivity index (χ0v) is 11.3. The van der Waals surface area contributed by atoms with Gasteiger partial charge in [0.25, 0.3) is 0 Å². The van der Waals surface area contributed by atoms with Crippen LogP contribution in [0.25, 0.3) is 0 Å². The van der Waals surface area contributed by atoms with Crippen molar-refractivity contribution >= 4 is 23.7 Å². The summed E-state index contributed by atoms with van der Waals surface area (Å²) < 4.78 is 4.57. The van der Waals surface area contributed by atoms with Crippen molar-refractivity contribution < 1.29 is 19.4 Å². The third-order valence-corrected chi connectivity index (χ3v) is 3.24. The number of aromatic carboxylic acids is 1. The van der Waals surface area contributed by atoms with E-state index in [1.807, 2.05) is 0 Å². The third-order valence-electron chi connectivity index (χ3n) is 2.33. The van der Waals surface area contributed by atoms with Crippen LogP contribution >= 0.6 is 11.8 Å². The molecule has 0 radical (unpaired) electrons. The van der Waals surface area contributed by atoms with Gasteiger partial charge in [-0.2, -0.15) is 0 Å². The number of hydrogen-bond donors (Lipinski definition) is 1. The number of ether oxygens (including phenoxy) is 1. The second-order valence-corrected chi connectivity index (χ2v) is 4.76. The van der Waals surface area contributed by atoms with E-state index in [9.17, 15) is 9.59 Å². The molecule has 2 aromatic rings. The lowest BCUT2D eigenvalue weighted by molar-refractivity contribution is 0.0591. The predicted octanol–water partition coefficient (Wildman–Crippen LogP) is 2.11. The van der Waals surface area contributed by atoms with Crippen LogP contribution in [0.3, 0.4) is 0 Å². The van der Waals surface area contributed by atoms with Crippen molar-refractivity contribution in [3.05, 3.63) is 47.9 Å². The highest BCUT2D eigenvalue weighted by Crippen LogP contribution is 2.25. The summed E-state index contributed by atoms with van der Waals surface area (Å²) in [5.74, 6) is -1.53. The Labute approximate surface area is 118 Å². The fraction of sp³-hybridized carbons (Fsp3) is 0.0769. The molecule has 102 valence electrons. The Kier molecular flexibility index (Phi) is 4.31. The minimum Gasteiger partial charge on any atom is -0.478 e. The summed E-state index contributed by atoms with van der Waals surface area (Å²) in [5, 5.41) is 9.33. The molecule has 20 heavy (non-hydrogen) atoms. The number of nitrogens with zero attached hydrogens (tertiary/aromatic N) is 2. The Morgan fingerprint density at radius 2 is 1.90 bits per heavy atom. The maximum Gasteiger partial charge on any atom is 0.358 e. The van der Waals surface area contributed by atoms with Crippen LogP contribution in [0.2, 0.25) is 0 Å². The van der Waals surface area contributed by atoms with Crippen molar-refractivity contribution in [2.45, 2.75) is 9.92 Å². The molecule has 0 spiro atoms. The number of methoxy groups -OCH3 is 1. The Balaban J connectivity index is 2.17. The highest BCUT2D eigenvalue weighted by molar-refractivity contribution is 7.99. The van der Waals surface area contributed by atoms with Gasteiger partial charge in [-0.15, -0.1) is 0 Å². The molecule has 2 rings (SSSR count). The minimum absolute atomic E-state index is 0.125. The van der Waals surface area contributed by atoms with Gasteiger partial charge in [-0.1, -0.05) is 11.8 Å². The van der Waals surface area contributed by atoms with Crippen LogP contribution in [0.4, 0.5) is 0 Å². The fourth-order valence-electron chi connectivity index (χ4n) is 1.39. The monoisotopic (exact) mass is 290 g/mol. The van der Waals surface area contributed by atoms with E-state index in [4.69, 9.17) is 5.11 Å². The topological polar surface area (TPSA) is 89.4 Å². The van der Waals surface area contributed by atoms with E-state index in [-0.39, 0.29) is 11.3 Å². The number of carbonyl (C=O) groups is 2. The zero-order chi connectivity index (χ0) is 14.5. The number of benzene rings is 1. The van der Waals surface area contributed by atoms with Gasteiger partial charge < -0.3 is 9.84 Å². The molecule has 6 nitrogen and oxygen atoms in total. The van der Waals surface area contributed by atoms with Crippen LogP contribution in [0.5, 0.6) is 0 Å². The van der Waals surface area contributed by atoms with E-state index in [1.165, 1.54) is 43.4 Å². The number of carboxylic acid groups (broad SMARTS) is 1. The van der Waals surface area contributed by atoms with Crippen LogP contribution in [-0.4, -0.2) is 34.1 Å². The Morgan fingerprint density at radius 3 is 2.50 bits per heavy atom. The van der Waals surface area contributed by atoms with Gasteiger partial charge in [0.05, 0.1) is 25.1 Å². The molecule has 7 heteroatoms. The lowest BCUT2D eigenvalue weighted by Gasteiger charge is -2.03. The molecule has 0 saturated carbocycles. The van der Waals surface area contributed by atoms with Crippen molar-refractivity contribution in [3.8, 4) is 0 Å². The summed E-state index contributed by atoms with van der Waals surface area (Å²) in [6.45, 7) is 0. The predicted molar refractivity (Wildman–Crippen MR) is 70.9 cm³/mol. The first-order valence-electron chi connectivity index (χ1n) is 5.51. The molecule has 0 saturated heterocycles. The molecule has 1 N–H and O–H groups in total. The van der Waals surface area contributed by atoms with Crippen molar-refractivity contribution in [2.75, 3.05) is 7.11 Å². The lowest BCUT2D eigenvalue weighted by Crippen LogP contribution is -2.05. The summed E-state index contributed by atoms with van der Waals surface area (Å²) in [6.07, 6.45) is 2.84. The molecule has 0 aliphatic carbocycles. The van der Waals surface area contributed by atoms with Gasteiger partial charge in [-0.05, 0) is 24.3 Å². The largest absolute Gasteiger partial charge is 0.478 e. The van der Waals surface area contributed by atoms with E-state index in [1.54, 1.807) is 12.1 Å². The Bertz CT molecular complexity index is 643. The van der Waals surface area contributed by atoms with Gasteiger partial charge in [-0.3, -0.25) is 4.98 Å². The van der Waals surface area contributed by atoms with E-state index in [2.05, 4.69) is 14.7 Å². The summed E-state index contributed by atoms with van der Waals surface area (Å²) in [7, 11) is 1.27. The van der Waals surface area contributed by atoms with E-state index in [0.717, 1.165) is 4.90 Å². The molecule has 0 bridgehead atoms. The molecular weight excluding hydrogens is 280 g/mol. The van der Waals surface area contributed by atoms with E-state index >= 15 is 0 Å². The van der Waals surface area contributed by atoms with Gasteiger partial charge in [-0.25, -0.2) is 14.6 Å². The van der Waals surface area contributed by atoms with Gasteiger partial charge in [0.1, 0.15) is 5.03 Å². The number of aromatic nitrogens is 2. The van der Waals surface area contributed by atoms with Crippen molar-refractivity contribution in [1.29, 1.82) is 0 Å². The Morgan fingerprint density at radius 1 is 1.20 bits per heavy atom. The number of esters is 1. The standard InChI is InChI=1S/C13H10N2O4S/c1-19-13(18)10-6-14-7-11(15-10)20-9-4-2-8(3-5-9)12(16)17/h2-7H,1H3,(H,16,17). The van der Waals surface area contributed by atoms with Crippen LogP contribution in [0.1, 0.15) is 20.8 Å². The molecule has 0 aliphatic heterocycles. The third kappa shape index (κ3) is 3.33. The first-order valence-corrected chi connectivity index (χ1v) is 6.33. The van der Waals surface area contributed by atoms with E-state index < -0.39 is 11.9 Å². The number of hydrogen-bond acceptors (Lipinski definition) is 6. The SMILES string of the molecule is COC(=O)c1cncc(Sc2ccc(C(=O)O)cc2)n1. The number of rotatable bonds is 4. The highest BCUT2D eigenvalue weighted by atomic mass is 32.2. The zero-order valence-electron chi connectivity index (χ0n) is 10.4. The molecule has 1 aromatic heterocycles. The second-order valence-electron chi connectivity index (χ2n) is 3.67. The minimum atomic E-state index is -0.978.